The van der Waals surface area contributed by atoms with Crippen LogP contribution in [0.5, 0.6) is 0 Å². The number of rotatable bonds is 5. The third-order valence-corrected chi connectivity index (χ3v) is 4.69. The van der Waals surface area contributed by atoms with Crippen LogP contribution in [-0.4, -0.2) is 44.2 Å². The van der Waals surface area contributed by atoms with Crippen LogP contribution in [0.4, 0.5) is 10.6 Å². The topological polar surface area (TPSA) is 135 Å². The lowest BCUT2D eigenvalue weighted by Gasteiger charge is -2.04. The number of hydrogen-bond donors (Lipinski definition) is 4. The van der Waals surface area contributed by atoms with Gasteiger partial charge in [0, 0.05) is 36.5 Å². The molecule has 2 heterocycles. The number of carbonyl (C=O) groups is 2. The van der Waals surface area contributed by atoms with Crippen LogP contribution in [0.1, 0.15) is 34.3 Å². The van der Waals surface area contributed by atoms with E-state index in [4.69, 9.17) is 10.8 Å². The average Bonchev–Trinajstić information content (AvgIpc) is 3.47. The molecule has 9 heteroatoms. The van der Waals surface area contributed by atoms with Gasteiger partial charge in [0.2, 0.25) is 0 Å². The highest BCUT2D eigenvalue weighted by molar-refractivity contribution is 5.95. The zero-order chi connectivity index (χ0) is 21.1. The third-order valence-electron chi connectivity index (χ3n) is 4.69. The summed E-state index contributed by atoms with van der Waals surface area (Å²) in [5.41, 5.74) is 8.51. The van der Waals surface area contributed by atoms with E-state index in [-0.39, 0.29) is 18.5 Å². The molecule has 0 radical (unpaired) electrons. The molecule has 9 nitrogen and oxygen atoms in total. The molecule has 0 aliphatic heterocycles. The molecule has 0 saturated heterocycles. The van der Waals surface area contributed by atoms with Gasteiger partial charge in [-0.1, -0.05) is 17.9 Å². The summed E-state index contributed by atoms with van der Waals surface area (Å²) in [6.07, 6.45) is 4.10. The maximum atomic E-state index is 12.2. The Labute approximate surface area is 172 Å². The Bertz CT molecular complexity index is 1190. The van der Waals surface area contributed by atoms with Crippen molar-refractivity contribution < 1.29 is 14.7 Å². The molecule has 0 spiro atoms. The zero-order valence-electron chi connectivity index (χ0n) is 16.1. The molecule has 1 fully saturated rings. The minimum atomic E-state index is -1.09. The quantitative estimate of drug-likeness (QED) is 0.477. The molecule has 2 amide bonds. The number of aromatic nitrogens is 3. The van der Waals surface area contributed by atoms with Crippen LogP contribution in [0.15, 0.2) is 36.8 Å². The van der Waals surface area contributed by atoms with Crippen molar-refractivity contribution in [2.24, 2.45) is 0 Å². The second kappa shape index (κ2) is 8.13. The Morgan fingerprint density at radius 1 is 1.27 bits per heavy atom. The van der Waals surface area contributed by atoms with Crippen LogP contribution >= 0.6 is 0 Å². The summed E-state index contributed by atoms with van der Waals surface area (Å²) in [4.78, 5) is 31.2. The first-order valence-corrected chi connectivity index (χ1v) is 9.50. The maximum Gasteiger partial charge on any atom is 0.404 e. The van der Waals surface area contributed by atoms with Gasteiger partial charge in [0.25, 0.3) is 5.91 Å². The maximum absolute atomic E-state index is 12.2. The molecular weight excluding hydrogens is 384 g/mol. The van der Waals surface area contributed by atoms with E-state index in [0.717, 1.165) is 12.8 Å². The first kappa shape index (κ1) is 19.3. The third kappa shape index (κ3) is 4.33. The van der Waals surface area contributed by atoms with Crippen LogP contribution < -0.4 is 16.4 Å². The lowest BCUT2D eigenvalue weighted by molar-refractivity contribution is 0.0951. The van der Waals surface area contributed by atoms with E-state index in [1.165, 1.54) is 6.33 Å². The number of carbonyl (C=O) groups excluding carboxylic acids is 1. The van der Waals surface area contributed by atoms with Gasteiger partial charge in [-0.25, -0.2) is 14.8 Å². The molecule has 1 aromatic carbocycles. The van der Waals surface area contributed by atoms with Crippen LogP contribution in [0, 0.1) is 11.8 Å². The summed E-state index contributed by atoms with van der Waals surface area (Å²) in [7, 11) is 0. The van der Waals surface area contributed by atoms with Crippen molar-refractivity contribution in [2.45, 2.75) is 25.4 Å². The van der Waals surface area contributed by atoms with Crippen LogP contribution in [0.3, 0.4) is 0 Å². The molecule has 152 valence electrons. The Morgan fingerprint density at radius 2 is 2.10 bits per heavy atom. The SMILES string of the molecule is Nc1ncnc2c1c(C#Cc1cccc(C(=O)NC3CC3)c1)cn2CCNC(=O)O. The van der Waals surface area contributed by atoms with Gasteiger partial charge in [-0.2, -0.15) is 0 Å². The Hall–Kier alpha value is -4.06. The molecule has 2 aromatic heterocycles. The van der Waals surface area contributed by atoms with Gasteiger partial charge in [-0.15, -0.1) is 0 Å². The Kier molecular flexibility index (Phi) is 5.22. The highest BCUT2D eigenvalue weighted by atomic mass is 16.4. The predicted molar refractivity (Wildman–Crippen MR) is 111 cm³/mol. The van der Waals surface area contributed by atoms with Crippen molar-refractivity contribution >= 4 is 28.9 Å². The fourth-order valence-electron chi connectivity index (χ4n) is 3.07. The van der Waals surface area contributed by atoms with E-state index in [1.807, 2.05) is 6.07 Å². The molecule has 4 rings (SSSR count). The van der Waals surface area contributed by atoms with E-state index in [2.05, 4.69) is 32.4 Å². The Morgan fingerprint density at radius 3 is 2.87 bits per heavy atom. The van der Waals surface area contributed by atoms with Crippen molar-refractivity contribution in [1.29, 1.82) is 0 Å². The molecule has 0 unspecified atom stereocenters. The van der Waals surface area contributed by atoms with Crippen molar-refractivity contribution in [2.75, 3.05) is 12.3 Å². The zero-order valence-corrected chi connectivity index (χ0v) is 16.1. The lowest BCUT2D eigenvalue weighted by Crippen LogP contribution is -2.25. The summed E-state index contributed by atoms with van der Waals surface area (Å²) in [5, 5.41) is 14.7. The van der Waals surface area contributed by atoms with Crippen molar-refractivity contribution in [3.05, 3.63) is 53.5 Å². The molecule has 5 N–H and O–H groups in total. The van der Waals surface area contributed by atoms with Crippen molar-refractivity contribution in [1.82, 2.24) is 25.2 Å². The number of nitrogen functional groups attached to an aromatic ring is 1. The number of carboxylic acid groups (broad SMARTS) is 1. The van der Waals surface area contributed by atoms with Crippen LogP contribution in [0.25, 0.3) is 11.0 Å². The second-order valence-corrected chi connectivity index (χ2v) is 7.00. The van der Waals surface area contributed by atoms with Crippen LogP contribution in [-0.2, 0) is 6.54 Å². The van der Waals surface area contributed by atoms with Gasteiger partial charge in [0.1, 0.15) is 17.8 Å². The van der Waals surface area contributed by atoms with Crippen molar-refractivity contribution in [3.63, 3.8) is 0 Å². The first-order chi connectivity index (χ1) is 14.5. The highest BCUT2D eigenvalue weighted by Gasteiger charge is 2.23. The fraction of sp³-hybridized carbons (Fsp3) is 0.238. The molecule has 1 aliphatic rings. The molecule has 30 heavy (non-hydrogen) atoms. The first-order valence-electron chi connectivity index (χ1n) is 9.50. The number of fused-ring (bicyclic) bond motifs is 1. The number of nitrogens with two attached hydrogens (primary N) is 1. The molecule has 0 bridgehead atoms. The number of amides is 2. The molecule has 3 aromatic rings. The monoisotopic (exact) mass is 404 g/mol. The van der Waals surface area contributed by atoms with Gasteiger partial charge in [0.15, 0.2) is 0 Å². The number of nitrogens with zero attached hydrogens (tertiary/aromatic N) is 3. The van der Waals surface area contributed by atoms with Gasteiger partial charge in [-0.05, 0) is 31.0 Å². The van der Waals surface area contributed by atoms with Crippen molar-refractivity contribution in [3.8, 4) is 11.8 Å². The Balaban J connectivity index is 1.62. The minimum Gasteiger partial charge on any atom is -0.465 e. The molecular formula is C21H20N6O3. The standard InChI is InChI=1S/C21H20N6O3/c22-18-17-15(11-27(9-8-23-21(29)30)19(17)25-12-24-18)5-4-13-2-1-3-14(10-13)20(28)26-16-6-7-16/h1-3,10-12,16,23H,6-9H2,(H,26,28)(H,29,30)(H2,22,24,25). The predicted octanol–water partition coefficient (Wildman–Crippen LogP) is 1.57. The number of benzene rings is 1. The van der Waals surface area contributed by atoms with Crippen LogP contribution in [0.2, 0.25) is 0 Å². The lowest BCUT2D eigenvalue weighted by atomic mass is 10.1. The summed E-state index contributed by atoms with van der Waals surface area (Å²) >= 11 is 0. The van der Waals surface area contributed by atoms with Gasteiger partial charge in [-0.3, -0.25) is 4.79 Å². The van der Waals surface area contributed by atoms with E-state index in [9.17, 15) is 9.59 Å². The number of nitrogens with one attached hydrogen (secondary N) is 2. The van der Waals surface area contributed by atoms with E-state index >= 15 is 0 Å². The summed E-state index contributed by atoms with van der Waals surface area (Å²) in [6.45, 7) is 0.589. The number of hydrogen-bond acceptors (Lipinski definition) is 5. The summed E-state index contributed by atoms with van der Waals surface area (Å²) in [5.74, 6) is 6.35. The highest BCUT2D eigenvalue weighted by Crippen LogP contribution is 2.23. The smallest absolute Gasteiger partial charge is 0.404 e. The van der Waals surface area contributed by atoms with Gasteiger partial charge >= 0.3 is 6.09 Å². The van der Waals surface area contributed by atoms with Gasteiger partial charge in [0.05, 0.1) is 10.9 Å². The molecule has 1 saturated carbocycles. The fourth-order valence-corrected chi connectivity index (χ4v) is 3.07. The number of anilines is 1. The minimum absolute atomic E-state index is 0.0960. The molecule has 0 atom stereocenters. The summed E-state index contributed by atoms with van der Waals surface area (Å²) < 4.78 is 1.78. The van der Waals surface area contributed by atoms with E-state index in [0.29, 0.717) is 40.1 Å². The van der Waals surface area contributed by atoms with E-state index in [1.54, 1.807) is 29.0 Å². The van der Waals surface area contributed by atoms with E-state index < -0.39 is 6.09 Å². The normalized spacial score (nSPS) is 12.8. The largest absolute Gasteiger partial charge is 0.465 e. The summed E-state index contributed by atoms with van der Waals surface area (Å²) in [6, 6.07) is 7.43. The van der Waals surface area contributed by atoms with Gasteiger partial charge < -0.3 is 26.0 Å². The molecule has 1 aliphatic carbocycles. The average molecular weight is 404 g/mol. The second-order valence-electron chi connectivity index (χ2n) is 7.00.